The van der Waals surface area contributed by atoms with Crippen molar-refractivity contribution in [1.29, 1.82) is 0 Å². The molecule has 8 nitrogen and oxygen atoms in total. The average Bonchev–Trinajstić information content (AvgIpc) is 3.36. The van der Waals surface area contributed by atoms with Gasteiger partial charge in [-0.3, -0.25) is 0 Å². The van der Waals surface area contributed by atoms with Gasteiger partial charge in [0.25, 0.3) is 0 Å². The molecule has 0 aliphatic rings. The molecule has 2 aromatic carbocycles. The van der Waals surface area contributed by atoms with E-state index in [0.29, 0.717) is 9.98 Å². The summed E-state index contributed by atoms with van der Waals surface area (Å²) in [6.45, 7) is 0. The van der Waals surface area contributed by atoms with Crippen molar-refractivity contribution in [3.8, 4) is 0 Å². The van der Waals surface area contributed by atoms with Crippen molar-refractivity contribution in [2.75, 3.05) is 14.1 Å². The number of nitrogens with one attached hydrogen (secondary N) is 2. The third kappa shape index (κ3) is 8.18. The summed E-state index contributed by atoms with van der Waals surface area (Å²) in [4.78, 5) is 18.5. The van der Waals surface area contributed by atoms with Crippen LogP contribution in [0.2, 0.25) is 0 Å². The van der Waals surface area contributed by atoms with Gasteiger partial charge in [0.15, 0.2) is 10.0 Å². The molecule has 0 unspecified atom stereocenters. The van der Waals surface area contributed by atoms with Crippen LogP contribution in [-0.4, -0.2) is 39.1 Å². The van der Waals surface area contributed by atoms with E-state index in [9.17, 15) is 0 Å². The van der Waals surface area contributed by atoms with Gasteiger partial charge in [0.1, 0.15) is 9.98 Å². The van der Waals surface area contributed by atoms with Crippen molar-refractivity contribution < 1.29 is 27.5 Å². The maximum Gasteiger partial charge on any atom is 1.00 e. The Morgan fingerprint density at radius 1 is 0.839 bits per heavy atom. The zero-order valence-electron chi connectivity index (χ0n) is 16.1. The van der Waals surface area contributed by atoms with Gasteiger partial charge in [-0.15, -0.1) is 22.7 Å². The molecular weight excluding hydrogens is 570 g/mol. The van der Waals surface area contributed by atoms with Gasteiger partial charge in [0.2, 0.25) is 0 Å². The van der Waals surface area contributed by atoms with Gasteiger partial charge < -0.3 is 26.0 Å². The van der Waals surface area contributed by atoms with E-state index in [0.717, 1.165) is 21.0 Å². The summed E-state index contributed by atoms with van der Waals surface area (Å²) in [6, 6.07) is 16.1. The van der Waals surface area contributed by atoms with Crippen LogP contribution in [0.3, 0.4) is 0 Å². The third-order valence-corrected chi connectivity index (χ3v) is 6.59. The number of hydrogen-bond acceptors (Lipinski definition) is 9. The van der Waals surface area contributed by atoms with Crippen LogP contribution in [0.5, 0.6) is 0 Å². The molecule has 0 atom stereocenters. The van der Waals surface area contributed by atoms with Gasteiger partial charge in [0.05, 0.1) is 25.5 Å². The Morgan fingerprint density at radius 3 is 1.45 bits per heavy atom. The first-order valence-corrected chi connectivity index (χ1v) is 10.8. The number of rotatable bonds is 2. The Labute approximate surface area is 212 Å². The monoisotopic (exact) mass is 585 g/mol. The number of thiocarbonyl (C=S) groups is 2. The van der Waals surface area contributed by atoms with Crippen molar-refractivity contribution in [3.05, 3.63) is 73.9 Å². The first-order valence-electron chi connectivity index (χ1n) is 8.32. The minimum absolute atomic E-state index is 0. The van der Waals surface area contributed by atoms with Crippen molar-refractivity contribution in [2.24, 2.45) is 0 Å². The summed E-state index contributed by atoms with van der Waals surface area (Å²) in [5, 5.41) is 22.4. The molecule has 0 aliphatic carbocycles. The third-order valence-electron chi connectivity index (χ3n) is 3.43. The van der Waals surface area contributed by atoms with E-state index in [1.165, 1.54) is 9.40 Å². The fourth-order valence-corrected chi connectivity index (χ4v) is 4.32. The number of aromatic nitrogens is 2. The van der Waals surface area contributed by atoms with E-state index in [-0.39, 0.29) is 22.4 Å². The maximum atomic E-state index is 8.25. The van der Waals surface area contributed by atoms with Crippen LogP contribution in [0.25, 0.3) is 20.4 Å². The molecule has 0 aliphatic heterocycles. The van der Waals surface area contributed by atoms with E-state index < -0.39 is 5.09 Å². The second-order valence-electron chi connectivity index (χ2n) is 5.36. The largest absolute Gasteiger partial charge is 1.00 e. The fourth-order valence-electron chi connectivity index (χ4n) is 2.15. The molecule has 0 saturated heterocycles. The predicted octanol–water partition coefficient (Wildman–Crippen LogP) is 4.14. The van der Waals surface area contributed by atoms with E-state index in [2.05, 4.69) is 32.7 Å². The average molecular weight is 586 g/mol. The van der Waals surface area contributed by atoms with Gasteiger partial charge in [-0.05, 0) is 24.3 Å². The molecule has 166 valence electrons. The molecule has 0 saturated carbocycles. The summed E-state index contributed by atoms with van der Waals surface area (Å²) in [7, 11) is 3.63. The Bertz CT molecular complexity index is 1030. The SMILES string of the molecule is CNC(=S)c1nc2ccccc2s1.CNC(=S)c1nc2ccccc2s1.O=[N+]([O-])[O-].[Ag+]. The Kier molecular flexibility index (Phi) is 11.6. The molecule has 2 heterocycles. The van der Waals surface area contributed by atoms with Crippen molar-refractivity contribution in [2.45, 2.75) is 0 Å². The number of benzene rings is 2. The van der Waals surface area contributed by atoms with Gasteiger partial charge in [-0.2, -0.15) is 0 Å². The van der Waals surface area contributed by atoms with Gasteiger partial charge >= 0.3 is 22.4 Å². The van der Waals surface area contributed by atoms with Crippen LogP contribution in [-0.2, 0) is 22.4 Å². The maximum absolute atomic E-state index is 8.25. The van der Waals surface area contributed by atoms with Crippen LogP contribution in [0.1, 0.15) is 10.0 Å². The first-order chi connectivity index (χ1) is 14.3. The second-order valence-corrected chi connectivity index (χ2v) is 8.23. The summed E-state index contributed by atoms with van der Waals surface area (Å²) >= 11 is 13.4. The zero-order valence-corrected chi connectivity index (χ0v) is 20.9. The van der Waals surface area contributed by atoms with Crippen molar-refractivity contribution >= 4 is 77.5 Å². The molecular formula is C18H16AgN5O3S4. The molecule has 0 amide bonds. The predicted molar refractivity (Wildman–Crippen MR) is 131 cm³/mol. The zero-order chi connectivity index (χ0) is 22.1. The van der Waals surface area contributed by atoms with Gasteiger partial charge in [-0.1, -0.05) is 48.7 Å². The number of hydrogen-bond donors (Lipinski definition) is 2. The molecule has 2 aromatic heterocycles. The van der Waals surface area contributed by atoms with E-state index in [1.54, 1.807) is 22.7 Å². The van der Waals surface area contributed by atoms with Crippen LogP contribution in [0.15, 0.2) is 48.5 Å². The smallest absolute Gasteiger partial charge is 0.377 e. The molecule has 0 bridgehead atoms. The van der Waals surface area contributed by atoms with Crippen molar-refractivity contribution in [1.82, 2.24) is 20.6 Å². The number of para-hydroxylation sites is 2. The van der Waals surface area contributed by atoms with Gasteiger partial charge in [0, 0.05) is 14.1 Å². The number of thiazole rings is 2. The van der Waals surface area contributed by atoms with Crippen molar-refractivity contribution in [3.63, 3.8) is 0 Å². The number of fused-ring (bicyclic) bond motifs is 2. The molecule has 0 radical (unpaired) electrons. The summed E-state index contributed by atoms with van der Waals surface area (Å²) in [5.41, 5.74) is 2.03. The molecule has 31 heavy (non-hydrogen) atoms. The van der Waals surface area contributed by atoms with Gasteiger partial charge in [-0.25, -0.2) is 9.97 Å². The van der Waals surface area contributed by atoms with Crippen LogP contribution in [0, 0.1) is 15.3 Å². The summed E-state index contributed by atoms with van der Waals surface area (Å²) in [5.74, 6) is 0. The summed E-state index contributed by atoms with van der Waals surface area (Å²) in [6.07, 6.45) is 0. The molecule has 13 heteroatoms. The minimum atomic E-state index is -1.75. The Morgan fingerprint density at radius 2 is 1.16 bits per heavy atom. The van der Waals surface area contributed by atoms with E-state index >= 15 is 0 Å². The molecule has 0 spiro atoms. The Hall–Kier alpha value is -2.06. The van der Waals surface area contributed by atoms with E-state index in [4.69, 9.17) is 39.8 Å². The van der Waals surface area contributed by atoms with E-state index in [1.807, 2.05) is 50.5 Å². The Balaban J connectivity index is 0.000000258. The summed E-state index contributed by atoms with van der Waals surface area (Å²) < 4.78 is 2.35. The van der Waals surface area contributed by atoms with Crippen LogP contribution >= 0.6 is 47.1 Å². The second kappa shape index (κ2) is 13.4. The number of nitrogens with zero attached hydrogens (tertiary/aromatic N) is 3. The molecule has 0 fully saturated rings. The standard InChI is InChI=1S/2C9H8N2S2.Ag.NO3/c2*1-10-8(12)9-11-6-4-2-3-5-7(6)13-9;;2-1(3)4/h2*2-5H,1H3,(H,10,12);;/q;;+1;-1. The minimum Gasteiger partial charge on any atom is -0.377 e. The van der Waals surface area contributed by atoms with Crippen LogP contribution in [0.4, 0.5) is 0 Å². The molecule has 4 aromatic rings. The normalized spacial score (nSPS) is 9.35. The first kappa shape index (κ1) is 27.0. The topological polar surface area (TPSA) is 116 Å². The van der Waals surface area contributed by atoms with Crippen LogP contribution < -0.4 is 10.6 Å². The fraction of sp³-hybridized carbons (Fsp3) is 0.111. The molecule has 4 rings (SSSR count). The molecule has 2 N–H and O–H groups in total. The quantitative estimate of drug-likeness (QED) is 0.155.